The number of carboxylic acids is 1. The molecule has 0 aromatic rings. The number of piperidine rings is 1. The average molecular weight is 225 g/mol. The Morgan fingerprint density at radius 1 is 1.13 bits per heavy atom. The van der Waals surface area contributed by atoms with E-state index in [9.17, 15) is 20.1 Å². The van der Waals surface area contributed by atoms with Crippen molar-refractivity contribution < 1.29 is 40.6 Å². The molecule has 7 N–H and O–H groups in total. The third-order valence-electron chi connectivity index (χ3n) is 2.39. The number of aliphatic carboxylic acids is 1. The fourth-order valence-electron chi connectivity index (χ4n) is 1.32. The summed E-state index contributed by atoms with van der Waals surface area (Å²) < 4.78 is 0. The van der Waals surface area contributed by atoms with Crippen LogP contribution in [0.5, 0.6) is 0 Å². The van der Waals surface area contributed by atoms with Gasteiger partial charge >= 0.3 is 5.97 Å². The molecule has 1 fully saturated rings. The first kappa shape index (κ1) is 12.3. The molecular formula is C6H11NO8. The van der Waals surface area contributed by atoms with Crippen LogP contribution >= 0.6 is 0 Å². The Morgan fingerprint density at radius 2 is 1.60 bits per heavy atom. The molecule has 0 saturated carbocycles. The lowest BCUT2D eigenvalue weighted by Crippen LogP contribution is -2.80. The lowest BCUT2D eigenvalue weighted by atomic mass is 9.87. The highest BCUT2D eigenvalue weighted by Crippen LogP contribution is 2.38. The van der Waals surface area contributed by atoms with Crippen molar-refractivity contribution in [1.29, 1.82) is 0 Å². The fourth-order valence-corrected chi connectivity index (χ4v) is 1.32. The number of aliphatic hydroxyl groups is 5. The van der Waals surface area contributed by atoms with Gasteiger partial charge < -0.3 is 35.8 Å². The van der Waals surface area contributed by atoms with E-state index in [0.717, 1.165) is 0 Å². The maximum Gasteiger partial charge on any atom is 0.359 e. The molecule has 1 atom stereocenters. The predicted molar refractivity (Wildman–Crippen MR) is 40.0 cm³/mol. The van der Waals surface area contributed by atoms with E-state index in [-0.39, 0.29) is 5.06 Å². The molecule has 0 radical (unpaired) electrons. The van der Waals surface area contributed by atoms with Gasteiger partial charge in [0.25, 0.3) is 11.5 Å². The summed E-state index contributed by atoms with van der Waals surface area (Å²) in [7, 11) is 0. The van der Waals surface area contributed by atoms with Crippen molar-refractivity contribution >= 4 is 5.97 Å². The summed E-state index contributed by atoms with van der Waals surface area (Å²) in [6.45, 7) is -0.668. The van der Waals surface area contributed by atoms with Gasteiger partial charge in [-0.25, -0.2) is 4.79 Å². The summed E-state index contributed by atoms with van der Waals surface area (Å²) in [5.41, 5.74) is -3.62. The molecule has 0 bridgehead atoms. The van der Waals surface area contributed by atoms with Gasteiger partial charge in [-0.1, -0.05) is 0 Å². The molecule has 1 saturated heterocycles. The third kappa shape index (κ3) is 1.33. The summed E-state index contributed by atoms with van der Waals surface area (Å²) in [5, 5.41) is 63.2. The number of hydrogen-bond acceptors (Lipinski definition) is 8. The van der Waals surface area contributed by atoms with Crippen LogP contribution in [0.2, 0.25) is 0 Å². The number of hydrogen-bond donors (Lipinski definition) is 7. The standard InChI is InChI=1S/C6H11NO8/c8-3(9)5(12)6(13,14)4(10,11)1-2-7(5)15/h10-15H,1-2H2,(H,8,9). The predicted octanol–water partition coefficient (Wildman–Crippen LogP) is -3.78. The summed E-state index contributed by atoms with van der Waals surface area (Å²) in [6, 6.07) is 0. The fraction of sp³-hybridized carbons (Fsp3) is 0.833. The molecule has 9 heteroatoms. The zero-order valence-corrected chi connectivity index (χ0v) is 7.40. The van der Waals surface area contributed by atoms with Crippen molar-refractivity contribution in [1.82, 2.24) is 5.06 Å². The monoisotopic (exact) mass is 225 g/mol. The minimum absolute atomic E-state index is 0.292. The second-order valence-corrected chi connectivity index (χ2v) is 3.34. The molecule has 0 amide bonds. The number of carboxylic acid groups (broad SMARTS) is 1. The highest BCUT2D eigenvalue weighted by atomic mass is 16.7. The Bertz CT molecular complexity index is 289. The van der Waals surface area contributed by atoms with E-state index in [1.165, 1.54) is 0 Å². The molecule has 9 nitrogen and oxygen atoms in total. The van der Waals surface area contributed by atoms with Crippen LogP contribution in [0.25, 0.3) is 0 Å². The topological polar surface area (TPSA) is 162 Å². The molecule has 1 unspecified atom stereocenters. The first-order valence-electron chi connectivity index (χ1n) is 3.89. The van der Waals surface area contributed by atoms with Crippen LogP contribution in [-0.4, -0.2) is 70.7 Å². The van der Waals surface area contributed by atoms with Crippen molar-refractivity contribution in [3.05, 3.63) is 0 Å². The van der Waals surface area contributed by atoms with Gasteiger partial charge in [0.2, 0.25) is 5.79 Å². The molecule has 0 spiro atoms. The molecule has 15 heavy (non-hydrogen) atoms. The Labute approximate surface area is 83.0 Å². The van der Waals surface area contributed by atoms with E-state index < -0.39 is 36.2 Å². The lowest BCUT2D eigenvalue weighted by molar-refractivity contribution is -0.472. The first-order chi connectivity index (χ1) is 6.57. The Kier molecular flexibility index (Phi) is 2.52. The molecule has 0 aromatic carbocycles. The largest absolute Gasteiger partial charge is 0.478 e. The highest BCUT2D eigenvalue weighted by molar-refractivity contribution is 5.78. The van der Waals surface area contributed by atoms with Crippen LogP contribution in [0.3, 0.4) is 0 Å². The highest BCUT2D eigenvalue weighted by Gasteiger charge is 2.71. The molecular weight excluding hydrogens is 214 g/mol. The minimum atomic E-state index is -3.83. The Hall–Kier alpha value is -0.810. The van der Waals surface area contributed by atoms with Crippen molar-refractivity contribution in [2.75, 3.05) is 6.54 Å². The van der Waals surface area contributed by atoms with Crippen LogP contribution in [0.4, 0.5) is 0 Å². The second kappa shape index (κ2) is 3.09. The maximum atomic E-state index is 10.6. The molecule has 1 aliphatic heterocycles. The zero-order valence-electron chi connectivity index (χ0n) is 7.40. The van der Waals surface area contributed by atoms with Gasteiger partial charge in [-0.2, -0.15) is 0 Å². The Balaban J connectivity index is 3.27. The summed E-state index contributed by atoms with van der Waals surface area (Å²) in [5.74, 6) is -9.32. The SMILES string of the molecule is O=C(O)C1(O)N(O)CCC(O)(O)C1(O)O. The first-order valence-corrected chi connectivity index (χ1v) is 3.89. The smallest absolute Gasteiger partial charge is 0.359 e. The number of nitrogens with zero attached hydrogens (tertiary/aromatic N) is 1. The number of hydroxylamine groups is 2. The van der Waals surface area contributed by atoms with Crippen molar-refractivity contribution in [2.24, 2.45) is 0 Å². The van der Waals surface area contributed by atoms with Crippen LogP contribution in [0.15, 0.2) is 0 Å². The van der Waals surface area contributed by atoms with Gasteiger partial charge in [0.1, 0.15) is 0 Å². The van der Waals surface area contributed by atoms with Gasteiger partial charge in [0.05, 0.1) is 0 Å². The molecule has 88 valence electrons. The normalized spacial score (nSPS) is 35.1. The molecule has 1 aliphatic rings. The van der Waals surface area contributed by atoms with E-state index in [1.807, 2.05) is 0 Å². The molecule has 0 aromatic heterocycles. The quantitative estimate of drug-likeness (QED) is 0.222. The average Bonchev–Trinajstić information content (AvgIpc) is 2.09. The summed E-state index contributed by atoms with van der Waals surface area (Å²) >= 11 is 0. The number of carbonyl (C=O) groups is 1. The van der Waals surface area contributed by atoms with Gasteiger partial charge in [0.15, 0.2) is 0 Å². The van der Waals surface area contributed by atoms with E-state index >= 15 is 0 Å². The van der Waals surface area contributed by atoms with Gasteiger partial charge in [-0.15, -0.1) is 5.06 Å². The van der Waals surface area contributed by atoms with Crippen LogP contribution in [0, 0.1) is 0 Å². The van der Waals surface area contributed by atoms with Crippen LogP contribution < -0.4 is 0 Å². The van der Waals surface area contributed by atoms with Gasteiger partial charge in [0, 0.05) is 13.0 Å². The number of rotatable bonds is 1. The van der Waals surface area contributed by atoms with E-state index in [1.54, 1.807) is 0 Å². The zero-order chi connectivity index (χ0) is 12.1. The minimum Gasteiger partial charge on any atom is -0.478 e. The second-order valence-electron chi connectivity index (χ2n) is 3.34. The van der Waals surface area contributed by atoms with E-state index in [2.05, 4.69) is 0 Å². The molecule has 1 rings (SSSR count). The van der Waals surface area contributed by atoms with E-state index in [0.29, 0.717) is 0 Å². The van der Waals surface area contributed by atoms with Gasteiger partial charge in [-0.3, -0.25) is 0 Å². The molecule has 1 heterocycles. The summed E-state index contributed by atoms with van der Waals surface area (Å²) in [6.07, 6.45) is -0.758. The van der Waals surface area contributed by atoms with Crippen molar-refractivity contribution in [2.45, 2.75) is 23.7 Å². The summed E-state index contributed by atoms with van der Waals surface area (Å²) in [4.78, 5) is 10.6. The third-order valence-corrected chi connectivity index (χ3v) is 2.39. The van der Waals surface area contributed by atoms with Crippen LogP contribution in [-0.2, 0) is 4.79 Å². The van der Waals surface area contributed by atoms with Crippen molar-refractivity contribution in [3.8, 4) is 0 Å². The van der Waals surface area contributed by atoms with Crippen LogP contribution in [0.1, 0.15) is 6.42 Å². The lowest BCUT2D eigenvalue weighted by Gasteiger charge is -2.49. The maximum absolute atomic E-state index is 10.6. The van der Waals surface area contributed by atoms with Crippen molar-refractivity contribution in [3.63, 3.8) is 0 Å². The van der Waals surface area contributed by atoms with E-state index in [4.69, 9.17) is 20.5 Å². The van der Waals surface area contributed by atoms with Gasteiger partial charge in [-0.05, 0) is 0 Å². The Morgan fingerprint density at radius 3 is 1.93 bits per heavy atom. The molecule has 0 aliphatic carbocycles.